The molecule has 1 amide bonds. The van der Waals surface area contributed by atoms with Gasteiger partial charge in [0.1, 0.15) is 5.75 Å². The van der Waals surface area contributed by atoms with Crippen LogP contribution in [0.3, 0.4) is 0 Å². The van der Waals surface area contributed by atoms with Gasteiger partial charge in [-0.15, -0.1) is 13.2 Å². The van der Waals surface area contributed by atoms with Crippen LogP contribution in [0.15, 0.2) is 24.3 Å². The van der Waals surface area contributed by atoms with E-state index in [1.54, 1.807) is 4.90 Å². The Morgan fingerprint density at radius 3 is 2.47 bits per heavy atom. The van der Waals surface area contributed by atoms with Crippen LogP contribution in [0.5, 0.6) is 5.75 Å². The van der Waals surface area contributed by atoms with Gasteiger partial charge in [0.2, 0.25) is 0 Å². The Bertz CT molecular complexity index is 453. The molecule has 0 aromatic heterocycles. The lowest BCUT2D eigenvalue weighted by atomic mass is 10.1. The molecule has 0 spiro atoms. The molecule has 19 heavy (non-hydrogen) atoms. The highest BCUT2D eigenvalue weighted by Crippen LogP contribution is 2.24. The summed E-state index contributed by atoms with van der Waals surface area (Å²) in [6.07, 6.45) is -1.79. The van der Waals surface area contributed by atoms with E-state index in [-0.39, 0.29) is 17.2 Å². The Morgan fingerprint density at radius 2 is 1.84 bits per heavy atom. The molecule has 1 fully saturated rings. The van der Waals surface area contributed by atoms with Crippen LogP contribution in [0.4, 0.5) is 13.2 Å². The van der Waals surface area contributed by atoms with Crippen LogP contribution in [0.25, 0.3) is 0 Å². The summed E-state index contributed by atoms with van der Waals surface area (Å²) in [6, 6.07) is 5.20. The van der Waals surface area contributed by atoms with E-state index in [4.69, 9.17) is 0 Å². The molecule has 104 valence electrons. The van der Waals surface area contributed by atoms with Gasteiger partial charge in [-0.05, 0) is 37.5 Å². The van der Waals surface area contributed by atoms with Gasteiger partial charge in [0.05, 0.1) is 0 Å². The van der Waals surface area contributed by atoms with Gasteiger partial charge in [-0.1, -0.05) is 6.07 Å². The molecule has 1 aromatic carbocycles. The molecule has 0 unspecified atom stereocenters. The van der Waals surface area contributed by atoms with E-state index in [9.17, 15) is 18.0 Å². The molecule has 1 aliphatic rings. The first-order chi connectivity index (χ1) is 8.96. The number of ether oxygens (including phenoxy) is 1. The third-order valence-corrected chi connectivity index (χ3v) is 2.96. The number of hydrogen-bond donors (Lipinski definition) is 0. The minimum Gasteiger partial charge on any atom is -0.406 e. The van der Waals surface area contributed by atoms with E-state index in [0.29, 0.717) is 13.1 Å². The molecule has 1 saturated heterocycles. The number of piperidine rings is 1. The molecule has 0 radical (unpaired) electrons. The maximum atomic E-state index is 12.1. The summed E-state index contributed by atoms with van der Waals surface area (Å²) in [5.41, 5.74) is 0.226. The van der Waals surface area contributed by atoms with Crippen molar-refractivity contribution in [1.29, 1.82) is 0 Å². The molecule has 6 heteroatoms. The number of nitrogens with zero attached hydrogens (tertiary/aromatic N) is 1. The van der Waals surface area contributed by atoms with Crippen molar-refractivity contribution >= 4 is 5.91 Å². The lowest BCUT2D eigenvalue weighted by molar-refractivity contribution is -0.274. The SMILES string of the molecule is O=C(c1cccc(OC(F)(F)F)c1)N1CCCCC1. The molecule has 1 aromatic rings. The van der Waals surface area contributed by atoms with E-state index >= 15 is 0 Å². The number of amides is 1. The van der Waals surface area contributed by atoms with Gasteiger partial charge in [-0.25, -0.2) is 0 Å². The number of halogens is 3. The second kappa shape index (κ2) is 5.50. The van der Waals surface area contributed by atoms with Crippen LogP contribution in [0.1, 0.15) is 29.6 Å². The molecule has 1 aliphatic heterocycles. The Labute approximate surface area is 109 Å². The average Bonchev–Trinajstić information content (AvgIpc) is 2.37. The summed E-state index contributed by atoms with van der Waals surface area (Å²) in [4.78, 5) is 13.8. The van der Waals surface area contributed by atoms with Gasteiger partial charge in [0, 0.05) is 18.7 Å². The first-order valence-electron chi connectivity index (χ1n) is 6.11. The fraction of sp³-hybridized carbons (Fsp3) is 0.462. The standard InChI is InChI=1S/C13H14F3NO2/c14-13(15,16)19-11-6-4-5-10(9-11)12(18)17-7-2-1-3-8-17/h4-6,9H,1-3,7-8H2. The van der Waals surface area contributed by atoms with E-state index in [1.807, 2.05) is 0 Å². The Hall–Kier alpha value is -1.72. The maximum absolute atomic E-state index is 12.1. The summed E-state index contributed by atoms with van der Waals surface area (Å²) < 4.78 is 40.1. The van der Waals surface area contributed by atoms with Crippen molar-refractivity contribution in [2.24, 2.45) is 0 Å². The van der Waals surface area contributed by atoms with Gasteiger partial charge in [-0.2, -0.15) is 0 Å². The fourth-order valence-electron chi connectivity index (χ4n) is 2.11. The molecule has 2 rings (SSSR count). The van der Waals surface area contributed by atoms with Crippen molar-refractivity contribution in [3.8, 4) is 5.75 Å². The summed E-state index contributed by atoms with van der Waals surface area (Å²) in [5.74, 6) is -0.609. The highest BCUT2D eigenvalue weighted by Gasteiger charge is 2.31. The molecule has 0 N–H and O–H groups in total. The van der Waals surface area contributed by atoms with Crippen LogP contribution in [0, 0.1) is 0 Å². The number of rotatable bonds is 2. The van der Waals surface area contributed by atoms with Gasteiger partial charge in [-0.3, -0.25) is 4.79 Å². The first kappa shape index (κ1) is 13.7. The van der Waals surface area contributed by atoms with E-state index < -0.39 is 6.36 Å². The lowest BCUT2D eigenvalue weighted by Crippen LogP contribution is -2.35. The molecule has 0 atom stereocenters. The van der Waals surface area contributed by atoms with Crippen LogP contribution in [0.2, 0.25) is 0 Å². The third-order valence-electron chi connectivity index (χ3n) is 2.96. The monoisotopic (exact) mass is 273 g/mol. The average molecular weight is 273 g/mol. The second-order valence-electron chi connectivity index (χ2n) is 4.43. The lowest BCUT2D eigenvalue weighted by Gasteiger charge is -2.26. The van der Waals surface area contributed by atoms with Crippen molar-refractivity contribution in [1.82, 2.24) is 4.90 Å². The quantitative estimate of drug-likeness (QED) is 0.828. The molecule has 0 bridgehead atoms. The van der Waals surface area contributed by atoms with Crippen molar-refractivity contribution in [2.45, 2.75) is 25.6 Å². The Balaban J connectivity index is 2.11. The van der Waals surface area contributed by atoms with Crippen molar-refractivity contribution in [3.05, 3.63) is 29.8 Å². The number of likely N-dealkylation sites (tertiary alicyclic amines) is 1. The summed E-state index contributed by atoms with van der Waals surface area (Å²) in [7, 11) is 0. The highest BCUT2D eigenvalue weighted by molar-refractivity contribution is 5.94. The van der Waals surface area contributed by atoms with Crippen molar-refractivity contribution in [3.63, 3.8) is 0 Å². The van der Waals surface area contributed by atoms with E-state index in [0.717, 1.165) is 25.3 Å². The molecule has 0 aliphatic carbocycles. The zero-order valence-corrected chi connectivity index (χ0v) is 10.2. The first-order valence-corrected chi connectivity index (χ1v) is 6.11. The Kier molecular flexibility index (Phi) is 3.97. The van der Waals surface area contributed by atoms with Crippen LogP contribution in [-0.2, 0) is 0 Å². The number of benzene rings is 1. The molecule has 3 nitrogen and oxygen atoms in total. The van der Waals surface area contributed by atoms with Gasteiger partial charge < -0.3 is 9.64 Å². The molecule has 0 saturated carbocycles. The molecular weight excluding hydrogens is 259 g/mol. The second-order valence-corrected chi connectivity index (χ2v) is 4.43. The summed E-state index contributed by atoms with van der Waals surface area (Å²) in [6.45, 7) is 1.31. The number of alkyl halides is 3. The molecular formula is C13H14F3NO2. The third kappa shape index (κ3) is 3.87. The topological polar surface area (TPSA) is 29.5 Å². The van der Waals surface area contributed by atoms with Crippen molar-refractivity contribution in [2.75, 3.05) is 13.1 Å². The number of hydrogen-bond acceptors (Lipinski definition) is 2. The largest absolute Gasteiger partial charge is 0.573 e. The minimum atomic E-state index is -4.74. The zero-order valence-electron chi connectivity index (χ0n) is 10.2. The smallest absolute Gasteiger partial charge is 0.406 e. The highest BCUT2D eigenvalue weighted by atomic mass is 19.4. The minimum absolute atomic E-state index is 0.226. The summed E-state index contributed by atoms with van der Waals surface area (Å²) in [5, 5.41) is 0. The van der Waals surface area contributed by atoms with Gasteiger partial charge in [0.15, 0.2) is 0 Å². The summed E-state index contributed by atoms with van der Waals surface area (Å²) >= 11 is 0. The molecule has 1 heterocycles. The number of carbonyl (C=O) groups is 1. The van der Waals surface area contributed by atoms with Gasteiger partial charge >= 0.3 is 6.36 Å². The van der Waals surface area contributed by atoms with Gasteiger partial charge in [0.25, 0.3) is 5.91 Å². The maximum Gasteiger partial charge on any atom is 0.573 e. The predicted molar refractivity (Wildman–Crippen MR) is 62.9 cm³/mol. The Morgan fingerprint density at radius 1 is 1.16 bits per heavy atom. The van der Waals surface area contributed by atoms with Crippen LogP contribution >= 0.6 is 0 Å². The van der Waals surface area contributed by atoms with E-state index in [2.05, 4.69) is 4.74 Å². The van der Waals surface area contributed by atoms with Crippen molar-refractivity contribution < 1.29 is 22.7 Å². The van der Waals surface area contributed by atoms with Crippen LogP contribution < -0.4 is 4.74 Å². The van der Waals surface area contributed by atoms with Crippen LogP contribution in [-0.4, -0.2) is 30.3 Å². The number of carbonyl (C=O) groups excluding carboxylic acids is 1. The normalized spacial score (nSPS) is 16.3. The zero-order chi connectivity index (χ0) is 13.9. The predicted octanol–water partition coefficient (Wildman–Crippen LogP) is 3.21. The fourth-order valence-corrected chi connectivity index (χ4v) is 2.11. The van der Waals surface area contributed by atoms with E-state index in [1.165, 1.54) is 18.2 Å².